The Morgan fingerprint density at radius 2 is 1.40 bits per heavy atom. The minimum atomic E-state index is 0.875. The predicted octanol–water partition coefficient (Wildman–Crippen LogP) is 4.62. The Labute approximate surface area is 98.0 Å². The molecule has 0 unspecified atom stereocenters. The van der Waals surface area contributed by atoms with Gasteiger partial charge >= 0.3 is 0 Å². The Hall–Kier alpha value is -0.0400. The number of hydrogen-bond donors (Lipinski definition) is 1. The van der Waals surface area contributed by atoms with Gasteiger partial charge in [0.25, 0.3) is 0 Å². The van der Waals surface area contributed by atoms with Gasteiger partial charge in [-0.25, -0.2) is 0 Å². The molecule has 0 amide bonds. The number of unbranched alkanes of at least 4 members (excludes halogenated alkanes) is 3. The van der Waals surface area contributed by atoms with Crippen molar-refractivity contribution in [1.29, 1.82) is 0 Å². The van der Waals surface area contributed by atoms with E-state index >= 15 is 0 Å². The Bertz CT molecular complexity index is 89.3. The van der Waals surface area contributed by atoms with Crippen molar-refractivity contribution in [3.8, 4) is 0 Å². The number of nitrogens with one attached hydrogen (secondary N) is 1. The molecule has 0 aliphatic carbocycles. The maximum absolute atomic E-state index is 3.49. The lowest BCUT2D eigenvalue weighted by Crippen LogP contribution is -2.16. The van der Waals surface area contributed by atoms with E-state index in [2.05, 4.69) is 26.1 Å². The molecule has 0 aromatic rings. The fourth-order valence-corrected chi connectivity index (χ4v) is 1.43. The van der Waals surface area contributed by atoms with Gasteiger partial charge in [0, 0.05) is 0 Å². The molecule has 0 radical (unpaired) electrons. The molecule has 0 aliphatic rings. The van der Waals surface area contributed by atoms with E-state index in [-0.39, 0.29) is 0 Å². The normalized spacial score (nSPS) is 10.0. The average molecular weight is 215 g/mol. The lowest BCUT2D eigenvalue weighted by atomic mass is 10.1. The van der Waals surface area contributed by atoms with Crippen molar-refractivity contribution in [2.45, 2.75) is 73.1 Å². The first-order valence-electron chi connectivity index (χ1n) is 6.98. The van der Waals surface area contributed by atoms with Gasteiger partial charge in [-0.1, -0.05) is 60.3 Å². The van der Waals surface area contributed by atoms with Gasteiger partial charge in [0.2, 0.25) is 0 Å². The van der Waals surface area contributed by atoms with Crippen LogP contribution in [-0.2, 0) is 0 Å². The molecule has 0 rings (SSSR count). The fraction of sp³-hybridized carbons (Fsp3) is 1.00. The lowest BCUT2D eigenvalue weighted by Gasteiger charge is -2.05. The van der Waals surface area contributed by atoms with E-state index in [9.17, 15) is 0 Å². The van der Waals surface area contributed by atoms with Crippen LogP contribution in [0.2, 0.25) is 0 Å². The fourth-order valence-electron chi connectivity index (χ4n) is 1.43. The van der Waals surface area contributed by atoms with Crippen molar-refractivity contribution in [1.82, 2.24) is 5.32 Å². The molecule has 1 nitrogen and oxygen atoms in total. The van der Waals surface area contributed by atoms with Crippen LogP contribution in [0.3, 0.4) is 0 Å². The summed E-state index contributed by atoms with van der Waals surface area (Å²) in [7, 11) is 0. The monoisotopic (exact) mass is 215 g/mol. The van der Waals surface area contributed by atoms with Crippen LogP contribution in [0, 0.1) is 5.92 Å². The molecule has 0 spiro atoms. The van der Waals surface area contributed by atoms with Crippen molar-refractivity contribution in [3.63, 3.8) is 0 Å². The summed E-state index contributed by atoms with van der Waals surface area (Å²) in [5.74, 6) is 0.875. The van der Waals surface area contributed by atoms with Crippen LogP contribution >= 0.6 is 0 Å². The van der Waals surface area contributed by atoms with Gasteiger partial charge in [-0.2, -0.15) is 0 Å². The molecule has 0 saturated carbocycles. The Kier molecular flexibility index (Phi) is 19.0. The molecule has 0 heterocycles. The first-order chi connectivity index (χ1) is 7.27. The second kappa shape index (κ2) is 16.4. The molecule has 0 aromatic heterocycles. The third kappa shape index (κ3) is 20.1. The second-order valence-electron chi connectivity index (χ2n) is 4.35. The highest BCUT2D eigenvalue weighted by atomic mass is 14.8. The zero-order valence-corrected chi connectivity index (χ0v) is 11.7. The maximum atomic E-state index is 3.49. The molecule has 15 heavy (non-hydrogen) atoms. The van der Waals surface area contributed by atoms with Crippen molar-refractivity contribution in [3.05, 3.63) is 0 Å². The standard InChI is InChI=1S/C12H27N.C2H6/c1-4-5-7-10-13-11-8-6-9-12(2)3;1-2/h12-13H,4-11H2,1-3H3;1-2H3. The smallest absolute Gasteiger partial charge is 0.00489 e. The Morgan fingerprint density at radius 1 is 0.867 bits per heavy atom. The van der Waals surface area contributed by atoms with Gasteiger partial charge in [-0.3, -0.25) is 0 Å². The largest absolute Gasteiger partial charge is 0.317 e. The molecule has 0 saturated heterocycles. The van der Waals surface area contributed by atoms with E-state index in [1.165, 1.54) is 51.6 Å². The van der Waals surface area contributed by atoms with Crippen LogP contribution in [0.5, 0.6) is 0 Å². The van der Waals surface area contributed by atoms with Gasteiger partial charge in [-0.15, -0.1) is 0 Å². The minimum Gasteiger partial charge on any atom is -0.317 e. The molecule has 94 valence electrons. The Morgan fingerprint density at radius 3 is 1.87 bits per heavy atom. The van der Waals surface area contributed by atoms with Crippen LogP contribution in [0.4, 0.5) is 0 Å². The Balaban J connectivity index is 0. The second-order valence-corrected chi connectivity index (χ2v) is 4.35. The van der Waals surface area contributed by atoms with Crippen LogP contribution in [0.25, 0.3) is 0 Å². The minimum absolute atomic E-state index is 0.875. The summed E-state index contributed by atoms with van der Waals surface area (Å²) >= 11 is 0. The van der Waals surface area contributed by atoms with E-state index in [0.717, 1.165) is 5.92 Å². The molecule has 0 aliphatic heterocycles. The zero-order valence-electron chi connectivity index (χ0n) is 11.7. The third-order valence-electron chi connectivity index (χ3n) is 2.34. The van der Waals surface area contributed by atoms with Crippen LogP contribution in [0.15, 0.2) is 0 Å². The molecular weight excluding hydrogens is 182 g/mol. The highest BCUT2D eigenvalue weighted by molar-refractivity contribution is 4.51. The first-order valence-corrected chi connectivity index (χ1v) is 6.98. The van der Waals surface area contributed by atoms with Crippen molar-refractivity contribution < 1.29 is 0 Å². The van der Waals surface area contributed by atoms with Crippen LogP contribution in [0.1, 0.15) is 73.1 Å². The van der Waals surface area contributed by atoms with Gasteiger partial charge in [0.1, 0.15) is 0 Å². The number of rotatable bonds is 9. The van der Waals surface area contributed by atoms with E-state index < -0.39 is 0 Å². The maximum Gasteiger partial charge on any atom is -0.00489 e. The van der Waals surface area contributed by atoms with E-state index in [1.807, 2.05) is 13.8 Å². The van der Waals surface area contributed by atoms with E-state index in [4.69, 9.17) is 0 Å². The predicted molar refractivity (Wildman–Crippen MR) is 72.4 cm³/mol. The van der Waals surface area contributed by atoms with Gasteiger partial charge in [0.15, 0.2) is 0 Å². The highest BCUT2D eigenvalue weighted by Crippen LogP contribution is 2.04. The average Bonchev–Trinajstić information content (AvgIpc) is 2.24. The molecule has 0 fully saturated rings. The molecule has 0 atom stereocenters. The molecular formula is C14H33N. The lowest BCUT2D eigenvalue weighted by molar-refractivity contribution is 0.515. The summed E-state index contributed by atoms with van der Waals surface area (Å²) in [6.45, 7) is 13.3. The summed E-state index contributed by atoms with van der Waals surface area (Å²) in [5.41, 5.74) is 0. The van der Waals surface area contributed by atoms with Crippen LogP contribution < -0.4 is 5.32 Å². The third-order valence-corrected chi connectivity index (χ3v) is 2.34. The number of hydrogen-bond acceptors (Lipinski definition) is 1. The molecule has 0 aromatic carbocycles. The SMILES string of the molecule is CC.CCCCCNCCCCC(C)C. The summed E-state index contributed by atoms with van der Waals surface area (Å²) in [4.78, 5) is 0. The zero-order chi connectivity index (χ0) is 11.9. The van der Waals surface area contributed by atoms with Gasteiger partial charge < -0.3 is 5.32 Å². The van der Waals surface area contributed by atoms with E-state index in [0.29, 0.717) is 0 Å². The summed E-state index contributed by atoms with van der Waals surface area (Å²) in [5, 5.41) is 3.49. The van der Waals surface area contributed by atoms with Crippen molar-refractivity contribution in [2.24, 2.45) is 5.92 Å². The van der Waals surface area contributed by atoms with Gasteiger partial charge in [0.05, 0.1) is 0 Å². The van der Waals surface area contributed by atoms with Gasteiger partial charge in [-0.05, 0) is 31.8 Å². The summed E-state index contributed by atoms with van der Waals surface area (Å²) in [6, 6.07) is 0. The topological polar surface area (TPSA) is 12.0 Å². The highest BCUT2D eigenvalue weighted by Gasteiger charge is 1.93. The van der Waals surface area contributed by atoms with E-state index in [1.54, 1.807) is 0 Å². The quantitative estimate of drug-likeness (QED) is 0.553. The molecule has 0 bridgehead atoms. The molecule has 1 heteroatoms. The summed E-state index contributed by atoms with van der Waals surface area (Å²) in [6.07, 6.45) is 8.17. The molecule has 1 N–H and O–H groups in total. The summed E-state index contributed by atoms with van der Waals surface area (Å²) < 4.78 is 0. The van der Waals surface area contributed by atoms with Crippen molar-refractivity contribution >= 4 is 0 Å². The van der Waals surface area contributed by atoms with Crippen molar-refractivity contribution in [2.75, 3.05) is 13.1 Å². The first kappa shape index (κ1) is 17.4. The van der Waals surface area contributed by atoms with Crippen LogP contribution in [-0.4, -0.2) is 13.1 Å².